The summed E-state index contributed by atoms with van der Waals surface area (Å²) in [6.07, 6.45) is 0. The lowest BCUT2D eigenvalue weighted by atomic mass is 10.1. The van der Waals surface area contributed by atoms with E-state index in [1.165, 1.54) is 0 Å². The van der Waals surface area contributed by atoms with Gasteiger partial charge in [-0.2, -0.15) is 0 Å². The quantitative estimate of drug-likeness (QED) is 0.708. The maximum atomic E-state index is 8.95. The van der Waals surface area contributed by atoms with Crippen molar-refractivity contribution in [1.82, 2.24) is 10.3 Å². The van der Waals surface area contributed by atoms with Gasteiger partial charge in [0, 0.05) is 6.54 Å². The number of aliphatic hydroxyl groups excluding tert-OH is 1. The summed E-state index contributed by atoms with van der Waals surface area (Å²) < 4.78 is 5.35. The summed E-state index contributed by atoms with van der Waals surface area (Å²) >= 11 is 0. The Balaban J connectivity index is 2.13. The van der Waals surface area contributed by atoms with Gasteiger partial charge >= 0.3 is 0 Å². The van der Waals surface area contributed by atoms with Gasteiger partial charge < -0.3 is 15.2 Å². The molecule has 1 fully saturated rings. The fourth-order valence-electron chi connectivity index (χ4n) is 1.54. The number of nitrogens with one attached hydrogen (secondary N) is 1. The minimum atomic E-state index is -0.0125. The van der Waals surface area contributed by atoms with E-state index in [4.69, 9.17) is 9.84 Å². The SMILES string of the molecule is OCc1cccc([C@@H]2COCCN2)n1. The molecule has 14 heavy (non-hydrogen) atoms. The number of pyridine rings is 1. The van der Waals surface area contributed by atoms with Crippen molar-refractivity contribution in [3.63, 3.8) is 0 Å². The summed E-state index contributed by atoms with van der Waals surface area (Å²) in [5.41, 5.74) is 1.64. The van der Waals surface area contributed by atoms with Crippen LogP contribution in [0, 0.1) is 0 Å². The van der Waals surface area contributed by atoms with E-state index in [0.717, 1.165) is 18.8 Å². The Kier molecular flexibility index (Phi) is 3.08. The maximum Gasteiger partial charge on any atom is 0.0853 e. The van der Waals surface area contributed by atoms with Crippen LogP contribution in [0.5, 0.6) is 0 Å². The van der Waals surface area contributed by atoms with Gasteiger partial charge in [0.2, 0.25) is 0 Å². The molecule has 4 nitrogen and oxygen atoms in total. The van der Waals surface area contributed by atoms with Crippen molar-refractivity contribution in [2.24, 2.45) is 0 Å². The van der Waals surface area contributed by atoms with Crippen molar-refractivity contribution in [2.45, 2.75) is 12.6 Å². The highest BCUT2D eigenvalue weighted by Crippen LogP contribution is 2.13. The van der Waals surface area contributed by atoms with Gasteiger partial charge in [-0.1, -0.05) is 6.07 Å². The van der Waals surface area contributed by atoms with Crippen molar-refractivity contribution in [3.8, 4) is 0 Å². The highest BCUT2D eigenvalue weighted by Gasteiger charge is 2.16. The van der Waals surface area contributed by atoms with E-state index in [9.17, 15) is 0 Å². The van der Waals surface area contributed by atoms with Crippen molar-refractivity contribution in [3.05, 3.63) is 29.6 Å². The molecule has 2 rings (SSSR count). The summed E-state index contributed by atoms with van der Waals surface area (Å²) in [7, 11) is 0. The molecule has 0 aromatic carbocycles. The lowest BCUT2D eigenvalue weighted by molar-refractivity contribution is 0.0754. The van der Waals surface area contributed by atoms with Gasteiger partial charge in [-0.25, -0.2) is 0 Å². The fourth-order valence-corrected chi connectivity index (χ4v) is 1.54. The lowest BCUT2D eigenvalue weighted by Crippen LogP contribution is -2.35. The van der Waals surface area contributed by atoms with Gasteiger partial charge in [-0.15, -0.1) is 0 Å². The fraction of sp³-hybridized carbons (Fsp3) is 0.500. The third kappa shape index (κ3) is 2.09. The largest absolute Gasteiger partial charge is 0.390 e. The highest BCUT2D eigenvalue weighted by molar-refractivity contribution is 5.14. The molecule has 1 atom stereocenters. The first kappa shape index (κ1) is 9.58. The molecule has 1 aliphatic heterocycles. The van der Waals surface area contributed by atoms with E-state index in [2.05, 4.69) is 10.3 Å². The van der Waals surface area contributed by atoms with Crippen LogP contribution in [-0.2, 0) is 11.3 Å². The average Bonchev–Trinajstić information content (AvgIpc) is 2.30. The lowest BCUT2D eigenvalue weighted by Gasteiger charge is -2.23. The highest BCUT2D eigenvalue weighted by atomic mass is 16.5. The van der Waals surface area contributed by atoms with Gasteiger partial charge in [0.15, 0.2) is 0 Å². The second-order valence-electron chi connectivity index (χ2n) is 3.29. The third-order valence-electron chi connectivity index (χ3n) is 2.27. The molecule has 0 unspecified atom stereocenters. The van der Waals surface area contributed by atoms with Crippen molar-refractivity contribution in [1.29, 1.82) is 0 Å². The van der Waals surface area contributed by atoms with Crippen molar-refractivity contribution < 1.29 is 9.84 Å². The van der Waals surface area contributed by atoms with Crippen LogP contribution in [0.1, 0.15) is 17.4 Å². The number of ether oxygens (including phenoxy) is 1. The van der Waals surface area contributed by atoms with Crippen LogP contribution >= 0.6 is 0 Å². The van der Waals surface area contributed by atoms with Crippen LogP contribution in [0.2, 0.25) is 0 Å². The molecular weight excluding hydrogens is 180 g/mol. The molecule has 0 bridgehead atoms. The van der Waals surface area contributed by atoms with Gasteiger partial charge in [-0.3, -0.25) is 4.98 Å². The van der Waals surface area contributed by atoms with E-state index in [1.54, 1.807) is 0 Å². The van der Waals surface area contributed by atoms with E-state index >= 15 is 0 Å². The van der Waals surface area contributed by atoms with Crippen molar-refractivity contribution >= 4 is 0 Å². The zero-order valence-corrected chi connectivity index (χ0v) is 7.94. The number of rotatable bonds is 2. The molecule has 76 valence electrons. The minimum Gasteiger partial charge on any atom is -0.390 e. The smallest absolute Gasteiger partial charge is 0.0853 e. The summed E-state index contributed by atoms with van der Waals surface area (Å²) in [6.45, 7) is 2.26. The Morgan fingerprint density at radius 3 is 3.21 bits per heavy atom. The number of nitrogens with zero attached hydrogens (tertiary/aromatic N) is 1. The number of aliphatic hydroxyl groups is 1. The molecule has 4 heteroatoms. The Bertz CT molecular complexity index is 298. The summed E-state index contributed by atoms with van der Waals surface area (Å²) in [4.78, 5) is 4.32. The average molecular weight is 194 g/mol. The number of hydrogen-bond donors (Lipinski definition) is 2. The van der Waals surface area contributed by atoms with Crippen LogP contribution in [0.15, 0.2) is 18.2 Å². The summed E-state index contributed by atoms with van der Waals surface area (Å²) in [5.74, 6) is 0. The van der Waals surface area contributed by atoms with E-state index < -0.39 is 0 Å². The van der Waals surface area contributed by atoms with Gasteiger partial charge in [0.25, 0.3) is 0 Å². The van der Waals surface area contributed by atoms with Crippen LogP contribution < -0.4 is 5.32 Å². The van der Waals surface area contributed by atoms with Crippen LogP contribution in [-0.4, -0.2) is 29.8 Å². The number of hydrogen-bond acceptors (Lipinski definition) is 4. The molecule has 2 heterocycles. The molecule has 2 N–H and O–H groups in total. The molecular formula is C10H14N2O2. The molecule has 1 saturated heterocycles. The summed E-state index contributed by atoms with van der Waals surface area (Å²) in [5, 5.41) is 12.3. The van der Waals surface area contributed by atoms with Crippen molar-refractivity contribution in [2.75, 3.05) is 19.8 Å². The topological polar surface area (TPSA) is 54.4 Å². The molecule has 0 radical (unpaired) electrons. The maximum absolute atomic E-state index is 8.95. The summed E-state index contributed by atoms with van der Waals surface area (Å²) in [6, 6.07) is 5.83. The monoisotopic (exact) mass is 194 g/mol. The zero-order chi connectivity index (χ0) is 9.80. The predicted octanol–water partition coefficient (Wildman–Crippen LogP) is 0.235. The molecule has 1 aliphatic rings. The Hall–Kier alpha value is -0.970. The normalized spacial score (nSPS) is 22.2. The predicted molar refractivity (Wildman–Crippen MR) is 51.7 cm³/mol. The molecule has 0 amide bonds. The Morgan fingerprint density at radius 2 is 2.50 bits per heavy atom. The number of aromatic nitrogens is 1. The molecule has 0 aliphatic carbocycles. The van der Waals surface area contributed by atoms with Gasteiger partial charge in [0.1, 0.15) is 0 Å². The van der Waals surface area contributed by atoms with Crippen LogP contribution in [0.4, 0.5) is 0 Å². The first-order valence-electron chi connectivity index (χ1n) is 4.78. The standard InChI is InChI=1S/C10H14N2O2/c13-6-8-2-1-3-9(12-8)10-7-14-5-4-11-10/h1-3,10-11,13H,4-7H2/t10-/m0/s1. The Labute approximate surface area is 82.9 Å². The minimum absolute atomic E-state index is 0.0125. The van der Waals surface area contributed by atoms with Gasteiger partial charge in [0.05, 0.1) is 37.3 Å². The molecule has 1 aromatic rings. The first-order chi connectivity index (χ1) is 6.90. The molecule has 1 aromatic heterocycles. The zero-order valence-electron chi connectivity index (χ0n) is 7.94. The first-order valence-corrected chi connectivity index (χ1v) is 4.78. The number of morpholine rings is 1. The Morgan fingerprint density at radius 1 is 1.57 bits per heavy atom. The third-order valence-corrected chi connectivity index (χ3v) is 2.27. The van der Waals surface area contributed by atoms with Gasteiger partial charge in [-0.05, 0) is 12.1 Å². The molecule has 0 spiro atoms. The van der Waals surface area contributed by atoms with Crippen LogP contribution in [0.25, 0.3) is 0 Å². The second-order valence-corrected chi connectivity index (χ2v) is 3.29. The van der Waals surface area contributed by atoms with E-state index in [0.29, 0.717) is 12.3 Å². The molecule has 0 saturated carbocycles. The van der Waals surface area contributed by atoms with E-state index in [1.807, 2.05) is 18.2 Å². The van der Waals surface area contributed by atoms with Crippen LogP contribution in [0.3, 0.4) is 0 Å². The second kappa shape index (κ2) is 4.50. The van der Waals surface area contributed by atoms with E-state index in [-0.39, 0.29) is 12.6 Å².